The van der Waals surface area contributed by atoms with Crippen LogP contribution in [-0.4, -0.2) is 47.0 Å². The Morgan fingerprint density at radius 2 is 1.61 bits per heavy atom. The number of rotatable bonds is 4. The number of Topliss-reactive ketones (excluding diaryl/α,β-unsaturated/α-hetero) is 1. The number of carbonyl (C=O) groups excluding carboxylic acids is 1. The second-order valence-electron chi connectivity index (χ2n) is 9.17. The SMILES string of the molecule is CC1(C)C2=C(Cc3ccc([N+](C)(C)C)cc3)C(=O)C1(C)CC2.COS(=O)(=O)[O-]. The first-order valence-electron chi connectivity index (χ1n) is 9.33. The van der Waals surface area contributed by atoms with E-state index in [-0.39, 0.29) is 10.8 Å². The number of fused-ring (bicyclic) bond motifs is 2. The van der Waals surface area contributed by atoms with Gasteiger partial charge in [-0.1, -0.05) is 38.5 Å². The van der Waals surface area contributed by atoms with Crippen molar-refractivity contribution in [1.82, 2.24) is 4.48 Å². The van der Waals surface area contributed by atoms with E-state index in [0.717, 1.165) is 36.4 Å². The summed E-state index contributed by atoms with van der Waals surface area (Å²) in [6, 6.07) is 8.73. The number of nitrogens with zero attached hydrogens (tertiary/aromatic N) is 1. The van der Waals surface area contributed by atoms with E-state index in [4.69, 9.17) is 0 Å². The Bertz CT molecular complexity index is 892. The highest BCUT2D eigenvalue weighted by Crippen LogP contribution is 2.63. The molecule has 2 aliphatic rings. The molecule has 0 N–H and O–H groups in total. The second-order valence-corrected chi connectivity index (χ2v) is 10.3. The maximum atomic E-state index is 12.9. The third-order valence-corrected chi connectivity index (χ3v) is 6.85. The molecule has 0 amide bonds. The number of quaternary nitrogens is 1. The quantitative estimate of drug-likeness (QED) is 0.433. The lowest BCUT2D eigenvalue weighted by atomic mass is 9.70. The fourth-order valence-electron chi connectivity index (χ4n) is 4.18. The Balaban J connectivity index is 0.000000409. The van der Waals surface area contributed by atoms with Gasteiger partial charge in [0.2, 0.25) is 10.4 Å². The summed E-state index contributed by atoms with van der Waals surface area (Å²) in [7, 11) is 2.90. The molecule has 0 spiro atoms. The number of ketones is 1. The van der Waals surface area contributed by atoms with Gasteiger partial charge in [-0.3, -0.25) is 13.5 Å². The summed E-state index contributed by atoms with van der Waals surface area (Å²) < 4.78 is 31.8. The van der Waals surface area contributed by atoms with Gasteiger partial charge in [-0.05, 0) is 41.5 Å². The van der Waals surface area contributed by atoms with Crippen LogP contribution in [0, 0.1) is 10.8 Å². The summed E-state index contributed by atoms with van der Waals surface area (Å²) in [4.78, 5) is 12.9. The van der Waals surface area contributed by atoms with Gasteiger partial charge in [0.05, 0.1) is 28.3 Å². The van der Waals surface area contributed by atoms with Crippen molar-refractivity contribution in [1.29, 1.82) is 0 Å². The minimum Gasteiger partial charge on any atom is -0.726 e. The number of carbonyl (C=O) groups is 1. The molecule has 3 rings (SSSR count). The average Bonchev–Trinajstić information content (AvgIpc) is 2.88. The normalized spacial score (nSPS) is 23.6. The van der Waals surface area contributed by atoms with E-state index in [1.807, 2.05) is 0 Å². The highest BCUT2D eigenvalue weighted by molar-refractivity contribution is 7.80. The zero-order valence-electron chi connectivity index (χ0n) is 17.8. The van der Waals surface area contributed by atoms with Crippen molar-refractivity contribution in [3.63, 3.8) is 0 Å². The summed E-state index contributed by atoms with van der Waals surface area (Å²) in [5.41, 5.74) is 4.92. The molecule has 1 saturated carbocycles. The standard InChI is InChI=1S/C20H28NO.CH4O4S/c1-19(2)17-11-12-20(19,3)18(22)16(17)13-14-7-9-15(10-8-14)21(4,5)6;1-5-6(2,3)4/h7-10H,11-13H2,1-6H3;1H3,(H,2,3,4)/q+1;/p-1. The zero-order valence-corrected chi connectivity index (χ0v) is 18.6. The monoisotopic (exact) mass is 409 g/mol. The fraction of sp³-hybridized carbons (Fsp3) is 0.571. The molecule has 2 aliphatic carbocycles. The van der Waals surface area contributed by atoms with Crippen LogP contribution in [0.2, 0.25) is 0 Å². The largest absolute Gasteiger partial charge is 0.726 e. The minimum atomic E-state index is -4.41. The molecule has 0 heterocycles. The maximum Gasteiger partial charge on any atom is 0.217 e. The predicted molar refractivity (Wildman–Crippen MR) is 110 cm³/mol. The van der Waals surface area contributed by atoms with E-state index >= 15 is 0 Å². The first-order valence-corrected chi connectivity index (χ1v) is 10.7. The Kier molecular flexibility index (Phi) is 5.99. The first kappa shape index (κ1) is 22.7. The Morgan fingerprint density at radius 3 is 1.96 bits per heavy atom. The molecule has 28 heavy (non-hydrogen) atoms. The van der Waals surface area contributed by atoms with Crippen LogP contribution in [0.25, 0.3) is 0 Å². The molecule has 1 aromatic rings. The molecule has 0 aromatic heterocycles. The van der Waals surface area contributed by atoms with Gasteiger partial charge in [-0.25, -0.2) is 8.42 Å². The van der Waals surface area contributed by atoms with Gasteiger partial charge >= 0.3 is 0 Å². The molecule has 7 heteroatoms. The van der Waals surface area contributed by atoms with E-state index in [0.29, 0.717) is 5.78 Å². The molecule has 1 unspecified atom stereocenters. The molecule has 0 saturated heterocycles. The lowest BCUT2D eigenvalue weighted by molar-refractivity contribution is -0.126. The minimum absolute atomic E-state index is 0.0433. The van der Waals surface area contributed by atoms with Crippen LogP contribution in [0.1, 0.15) is 39.2 Å². The second kappa shape index (κ2) is 7.37. The van der Waals surface area contributed by atoms with Crippen molar-refractivity contribution in [3.05, 3.63) is 41.0 Å². The number of allylic oxidation sites excluding steroid dienone is 2. The Hall–Kier alpha value is -1.54. The molecule has 0 aliphatic heterocycles. The van der Waals surface area contributed by atoms with Crippen molar-refractivity contribution in [2.75, 3.05) is 28.3 Å². The van der Waals surface area contributed by atoms with Crippen LogP contribution >= 0.6 is 0 Å². The van der Waals surface area contributed by atoms with Crippen LogP contribution in [0.15, 0.2) is 35.4 Å². The Labute approximate surface area is 168 Å². The highest BCUT2D eigenvalue weighted by Gasteiger charge is 2.59. The number of benzene rings is 1. The van der Waals surface area contributed by atoms with E-state index < -0.39 is 10.4 Å². The smallest absolute Gasteiger partial charge is 0.217 e. The molecule has 0 radical (unpaired) electrons. The number of hydrogen-bond donors (Lipinski definition) is 0. The van der Waals surface area contributed by atoms with Crippen LogP contribution < -0.4 is 4.48 Å². The summed E-state index contributed by atoms with van der Waals surface area (Å²) in [5, 5.41) is 0. The van der Waals surface area contributed by atoms with Crippen LogP contribution in [-0.2, 0) is 25.8 Å². The van der Waals surface area contributed by atoms with E-state index in [9.17, 15) is 17.8 Å². The summed E-state index contributed by atoms with van der Waals surface area (Å²) in [6.45, 7) is 6.66. The van der Waals surface area contributed by atoms with Crippen LogP contribution in [0.5, 0.6) is 0 Å². The first-order chi connectivity index (χ1) is 12.6. The molecule has 156 valence electrons. The van der Waals surface area contributed by atoms with E-state index in [2.05, 4.69) is 70.4 Å². The van der Waals surface area contributed by atoms with E-state index in [1.54, 1.807) is 0 Å². The molecule has 6 nitrogen and oxygen atoms in total. The van der Waals surface area contributed by atoms with Crippen molar-refractivity contribution >= 4 is 21.9 Å². The molecular formula is C21H31NO5S. The maximum absolute atomic E-state index is 12.9. The van der Waals surface area contributed by atoms with Crippen LogP contribution in [0.3, 0.4) is 0 Å². The number of hydrogen-bond acceptors (Lipinski definition) is 5. The predicted octanol–water partition coefficient (Wildman–Crippen LogP) is 3.22. The van der Waals surface area contributed by atoms with Gasteiger partial charge in [0.1, 0.15) is 5.69 Å². The van der Waals surface area contributed by atoms with Gasteiger partial charge < -0.3 is 4.55 Å². The highest BCUT2D eigenvalue weighted by atomic mass is 32.3. The third kappa shape index (κ3) is 4.22. The Morgan fingerprint density at radius 1 is 1.11 bits per heavy atom. The van der Waals surface area contributed by atoms with Crippen molar-refractivity contribution < 1.29 is 21.9 Å². The third-order valence-electron chi connectivity index (χ3n) is 6.44. The van der Waals surface area contributed by atoms with E-state index in [1.165, 1.54) is 16.8 Å². The molecule has 2 bridgehead atoms. The summed E-state index contributed by atoms with van der Waals surface area (Å²) in [6.07, 6.45) is 2.92. The van der Waals surface area contributed by atoms with Crippen LogP contribution in [0.4, 0.5) is 5.69 Å². The topological polar surface area (TPSA) is 83.5 Å². The summed E-state index contributed by atoms with van der Waals surface area (Å²) in [5.74, 6) is 0.398. The molecular weight excluding hydrogens is 378 g/mol. The van der Waals surface area contributed by atoms with Gasteiger partial charge in [0, 0.05) is 11.8 Å². The van der Waals surface area contributed by atoms with Gasteiger partial charge in [-0.15, -0.1) is 0 Å². The molecule has 1 atom stereocenters. The summed E-state index contributed by atoms with van der Waals surface area (Å²) >= 11 is 0. The average molecular weight is 410 g/mol. The lowest BCUT2D eigenvalue weighted by Crippen LogP contribution is -2.34. The lowest BCUT2D eigenvalue weighted by Gasteiger charge is -2.32. The van der Waals surface area contributed by atoms with Gasteiger partial charge in [-0.2, -0.15) is 0 Å². The fourth-order valence-corrected chi connectivity index (χ4v) is 4.18. The van der Waals surface area contributed by atoms with Crippen molar-refractivity contribution in [2.45, 2.75) is 40.0 Å². The van der Waals surface area contributed by atoms with Crippen molar-refractivity contribution in [2.24, 2.45) is 10.8 Å². The zero-order chi connectivity index (χ0) is 21.5. The van der Waals surface area contributed by atoms with Gasteiger partial charge in [0.25, 0.3) is 0 Å². The molecule has 1 aromatic carbocycles. The van der Waals surface area contributed by atoms with Gasteiger partial charge in [0.15, 0.2) is 5.78 Å². The molecule has 1 fully saturated rings. The van der Waals surface area contributed by atoms with Crippen molar-refractivity contribution in [3.8, 4) is 0 Å².